The van der Waals surface area contributed by atoms with E-state index in [0.29, 0.717) is 0 Å². The molecular weight excluding hydrogens is 288 g/mol. The van der Waals surface area contributed by atoms with Gasteiger partial charge in [0.1, 0.15) is 0 Å². The van der Waals surface area contributed by atoms with E-state index in [1.54, 1.807) is 0 Å². The lowest BCUT2D eigenvalue weighted by molar-refractivity contribution is -0.121. The lowest BCUT2D eigenvalue weighted by Gasteiger charge is -2.16. The normalized spacial score (nSPS) is 12.3. The molecule has 1 amide bonds. The minimum Gasteiger partial charge on any atom is -0.394 e. The van der Waals surface area contributed by atoms with E-state index < -0.39 is 0 Å². The molecule has 2 aromatic carbocycles. The Kier molecular flexibility index (Phi) is 4.44. The number of carbonyl (C=O) groups is 1. The number of hydrogen-bond donors (Lipinski definition) is 3. The molecule has 3 rings (SSSR count). The highest BCUT2D eigenvalue weighted by molar-refractivity contribution is 5.91. The summed E-state index contributed by atoms with van der Waals surface area (Å²) >= 11 is 0. The summed E-state index contributed by atoms with van der Waals surface area (Å²) in [6, 6.07) is 15.2. The van der Waals surface area contributed by atoms with Crippen molar-refractivity contribution in [1.82, 2.24) is 10.3 Å². The molecule has 0 bridgehead atoms. The number of aromatic amines is 1. The standard InChI is InChI=1S/C19H20N2O2/c1-13-6-5-9-16-19(13)15(11-20-16)10-18(23)21-17(12-22)14-7-3-2-4-8-14/h2-9,11,17,20,22H,10,12H2,1H3,(H,21,23). The zero-order valence-corrected chi connectivity index (χ0v) is 13.0. The van der Waals surface area contributed by atoms with Gasteiger partial charge in [-0.3, -0.25) is 4.79 Å². The summed E-state index contributed by atoms with van der Waals surface area (Å²) in [4.78, 5) is 15.6. The number of aliphatic hydroxyl groups is 1. The highest BCUT2D eigenvalue weighted by atomic mass is 16.3. The summed E-state index contributed by atoms with van der Waals surface area (Å²) in [6.07, 6.45) is 2.17. The molecule has 1 aromatic heterocycles. The molecule has 3 N–H and O–H groups in total. The highest BCUT2D eigenvalue weighted by Crippen LogP contribution is 2.22. The van der Waals surface area contributed by atoms with Crippen molar-refractivity contribution in [2.75, 3.05) is 6.61 Å². The van der Waals surface area contributed by atoms with Gasteiger partial charge in [-0.25, -0.2) is 0 Å². The molecule has 0 saturated heterocycles. The summed E-state index contributed by atoms with van der Waals surface area (Å²) in [5.74, 6) is -0.0999. The predicted molar refractivity (Wildman–Crippen MR) is 91.2 cm³/mol. The second kappa shape index (κ2) is 6.67. The van der Waals surface area contributed by atoms with Gasteiger partial charge in [0.25, 0.3) is 0 Å². The van der Waals surface area contributed by atoms with E-state index in [9.17, 15) is 9.90 Å². The first kappa shape index (κ1) is 15.3. The monoisotopic (exact) mass is 308 g/mol. The Morgan fingerprint density at radius 3 is 2.70 bits per heavy atom. The number of aliphatic hydroxyl groups excluding tert-OH is 1. The van der Waals surface area contributed by atoms with Crippen LogP contribution in [0, 0.1) is 6.92 Å². The van der Waals surface area contributed by atoms with Gasteiger partial charge < -0.3 is 15.4 Å². The molecule has 0 aliphatic rings. The molecule has 0 radical (unpaired) electrons. The SMILES string of the molecule is Cc1cccc2[nH]cc(CC(=O)NC(CO)c3ccccc3)c12. The van der Waals surface area contributed by atoms with Crippen molar-refractivity contribution in [1.29, 1.82) is 0 Å². The largest absolute Gasteiger partial charge is 0.394 e. The fraction of sp³-hybridized carbons (Fsp3) is 0.211. The predicted octanol–water partition coefficient (Wildman–Crippen LogP) is 2.87. The van der Waals surface area contributed by atoms with E-state index >= 15 is 0 Å². The average molecular weight is 308 g/mol. The highest BCUT2D eigenvalue weighted by Gasteiger charge is 2.15. The van der Waals surface area contributed by atoms with Gasteiger partial charge in [-0.1, -0.05) is 42.5 Å². The van der Waals surface area contributed by atoms with Crippen LogP contribution in [0.3, 0.4) is 0 Å². The maximum Gasteiger partial charge on any atom is 0.225 e. The molecule has 3 aromatic rings. The smallest absolute Gasteiger partial charge is 0.225 e. The van der Waals surface area contributed by atoms with Gasteiger partial charge in [-0.15, -0.1) is 0 Å². The molecule has 118 valence electrons. The molecule has 0 aliphatic heterocycles. The van der Waals surface area contributed by atoms with E-state index in [2.05, 4.69) is 10.3 Å². The van der Waals surface area contributed by atoms with Crippen LogP contribution >= 0.6 is 0 Å². The second-order valence-corrected chi connectivity index (χ2v) is 5.70. The van der Waals surface area contributed by atoms with Crippen LogP contribution in [-0.2, 0) is 11.2 Å². The van der Waals surface area contributed by atoms with Crippen LogP contribution in [0.2, 0.25) is 0 Å². The number of aromatic nitrogens is 1. The fourth-order valence-corrected chi connectivity index (χ4v) is 2.93. The van der Waals surface area contributed by atoms with Gasteiger partial charge in [0.05, 0.1) is 19.1 Å². The van der Waals surface area contributed by atoms with E-state index in [1.807, 2.05) is 61.7 Å². The summed E-state index contributed by atoms with van der Waals surface area (Å²) in [5, 5.41) is 13.6. The lowest BCUT2D eigenvalue weighted by Crippen LogP contribution is -2.31. The molecular formula is C19H20N2O2. The number of fused-ring (bicyclic) bond motifs is 1. The molecule has 0 fully saturated rings. The topological polar surface area (TPSA) is 65.1 Å². The van der Waals surface area contributed by atoms with Crippen LogP contribution in [0.15, 0.2) is 54.7 Å². The Bertz CT molecular complexity index is 809. The Balaban J connectivity index is 1.76. The van der Waals surface area contributed by atoms with Gasteiger partial charge >= 0.3 is 0 Å². The van der Waals surface area contributed by atoms with Crippen LogP contribution in [0.5, 0.6) is 0 Å². The molecule has 1 heterocycles. The minimum atomic E-state index is -0.380. The van der Waals surface area contributed by atoms with E-state index in [0.717, 1.165) is 27.6 Å². The van der Waals surface area contributed by atoms with Crippen molar-refractivity contribution in [3.05, 3.63) is 71.4 Å². The molecule has 1 unspecified atom stereocenters. The number of aryl methyl sites for hydroxylation is 1. The summed E-state index contributed by atoms with van der Waals surface area (Å²) in [6.45, 7) is 1.92. The first-order valence-corrected chi connectivity index (χ1v) is 7.70. The number of hydrogen-bond acceptors (Lipinski definition) is 2. The fourth-order valence-electron chi connectivity index (χ4n) is 2.93. The Hall–Kier alpha value is -2.59. The quantitative estimate of drug-likeness (QED) is 0.678. The van der Waals surface area contributed by atoms with E-state index in [1.165, 1.54) is 0 Å². The van der Waals surface area contributed by atoms with Gasteiger partial charge in [-0.2, -0.15) is 0 Å². The third-order valence-corrected chi connectivity index (χ3v) is 4.07. The maximum atomic E-state index is 12.4. The molecule has 23 heavy (non-hydrogen) atoms. The summed E-state index contributed by atoms with van der Waals surface area (Å²) in [5.41, 5.74) is 4.06. The number of benzene rings is 2. The Morgan fingerprint density at radius 1 is 1.17 bits per heavy atom. The van der Waals surface area contributed by atoms with Crippen molar-refractivity contribution in [3.8, 4) is 0 Å². The summed E-state index contributed by atoms with van der Waals surface area (Å²) < 4.78 is 0. The molecule has 4 nitrogen and oxygen atoms in total. The number of nitrogens with one attached hydrogen (secondary N) is 2. The zero-order chi connectivity index (χ0) is 16.2. The molecule has 0 saturated carbocycles. The van der Waals surface area contributed by atoms with Crippen LogP contribution < -0.4 is 5.32 Å². The molecule has 0 spiro atoms. The minimum absolute atomic E-state index is 0.0999. The van der Waals surface area contributed by atoms with Crippen molar-refractivity contribution in [2.24, 2.45) is 0 Å². The van der Waals surface area contributed by atoms with Crippen molar-refractivity contribution in [2.45, 2.75) is 19.4 Å². The van der Waals surface area contributed by atoms with Gasteiger partial charge in [0, 0.05) is 17.1 Å². The molecule has 0 aliphatic carbocycles. The Morgan fingerprint density at radius 2 is 1.96 bits per heavy atom. The van der Waals surface area contributed by atoms with Crippen molar-refractivity contribution >= 4 is 16.8 Å². The van der Waals surface area contributed by atoms with Crippen LogP contribution in [0.1, 0.15) is 22.7 Å². The third-order valence-electron chi connectivity index (χ3n) is 4.07. The summed E-state index contributed by atoms with van der Waals surface area (Å²) in [7, 11) is 0. The molecule has 4 heteroatoms. The van der Waals surface area contributed by atoms with E-state index in [-0.39, 0.29) is 25.0 Å². The number of carbonyl (C=O) groups excluding carboxylic acids is 1. The van der Waals surface area contributed by atoms with Crippen molar-refractivity contribution in [3.63, 3.8) is 0 Å². The van der Waals surface area contributed by atoms with E-state index in [4.69, 9.17) is 0 Å². The number of rotatable bonds is 5. The number of H-pyrrole nitrogens is 1. The third kappa shape index (κ3) is 3.27. The first-order chi connectivity index (χ1) is 11.2. The lowest BCUT2D eigenvalue weighted by atomic mass is 10.0. The van der Waals surface area contributed by atoms with Crippen LogP contribution in [0.4, 0.5) is 0 Å². The average Bonchev–Trinajstić information content (AvgIpc) is 2.98. The van der Waals surface area contributed by atoms with Gasteiger partial charge in [0.2, 0.25) is 5.91 Å². The van der Waals surface area contributed by atoms with Crippen LogP contribution in [0.25, 0.3) is 10.9 Å². The van der Waals surface area contributed by atoms with Crippen molar-refractivity contribution < 1.29 is 9.90 Å². The zero-order valence-electron chi connectivity index (χ0n) is 13.0. The number of amides is 1. The second-order valence-electron chi connectivity index (χ2n) is 5.70. The first-order valence-electron chi connectivity index (χ1n) is 7.70. The Labute approximate surface area is 135 Å². The van der Waals surface area contributed by atoms with Gasteiger partial charge in [-0.05, 0) is 29.7 Å². The molecule has 1 atom stereocenters. The van der Waals surface area contributed by atoms with Gasteiger partial charge in [0.15, 0.2) is 0 Å². The maximum absolute atomic E-state index is 12.4. The van der Waals surface area contributed by atoms with Crippen LogP contribution in [-0.4, -0.2) is 22.6 Å².